The van der Waals surface area contributed by atoms with E-state index in [1.54, 1.807) is 0 Å². The Labute approximate surface area is 70.2 Å². The minimum atomic E-state index is 0.784. The summed E-state index contributed by atoms with van der Waals surface area (Å²) in [5.74, 6) is 0. The van der Waals surface area contributed by atoms with E-state index in [1.165, 1.54) is 10.9 Å². The van der Waals surface area contributed by atoms with Crippen LogP contribution in [0.2, 0.25) is 5.15 Å². The lowest BCUT2D eigenvalue weighted by Gasteiger charge is -1.94. The minimum absolute atomic E-state index is 0.784. The zero-order valence-corrected chi connectivity index (χ0v) is 6.97. The normalized spacial score (nSPS) is 10.7. The van der Waals surface area contributed by atoms with E-state index in [2.05, 4.69) is 12.1 Å². The molecule has 0 atom stereocenters. The standard InChI is InChI=1S/C9H8ClN/c1-11-8-5-3-2-4-7(8)6-9(11)10/h2-6H,1H3. The van der Waals surface area contributed by atoms with Crippen molar-refractivity contribution in [2.45, 2.75) is 0 Å². The van der Waals surface area contributed by atoms with Gasteiger partial charge in [-0.2, -0.15) is 0 Å². The number of halogens is 1. The van der Waals surface area contributed by atoms with Crippen LogP contribution in [0.5, 0.6) is 0 Å². The van der Waals surface area contributed by atoms with Gasteiger partial charge in [-0.1, -0.05) is 29.8 Å². The van der Waals surface area contributed by atoms with E-state index < -0.39 is 0 Å². The molecule has 0 saturated carbocycles. The van der Waals surface area contributed by atoms with Gasteiger partial charge in [-0.3, -0.25) is 0 Å². The molecule has 0 aliphatic heterocycles. The van der Waals surface area contributed by atoms with E-state index in [-0.39, 0.29) is 0 Å². The summed E-state index contributed by atoms with van der Waals surface area (Å²) < 4.78 is 1.97. The van der Waals surface area contributed by atoms with Crippen molar-refractivity contribution in [3.63, 3.8) is 0 Å². The van der Waals surface area contributed by atoms with Gasteiger partial charge in [0.1, 0.15) is 5.15 Å². The van der Waals surface area contributed by atoms with E-state index in [4.69, 9.17) is 11.6 Å². The number of para-hydroxylation sites is 1. The van der Waals surface area contributed by atoms with Crippen molar-refractivity contribution < 1.29 is 0 Å². The van der Waals surface area contributed by atoms with E-state index in [0.29, 0.717) is 0 Å². The van der Waals surface area contributed by atoms with Crippen LogP contribution in [0, 0.1) is 0 Å². The SMILES string of the molecule is Cn1c(Cl)cc2ccccc21. The first-order chi connectivity index (χ1) is 5.29. The van der Waals surface area contributed by atoms with Crippen LogP contribution < -0.4 is 0 Å². The smallest absolute Gasteiger partial charge is 0.109 e. The van der Waals surface area contributed by atoms with E-state index in [9.17, 15) is 0 Å². The summed E-state index contributed by atoms with van der Waals surface area (Å²) in [6, 6.07) is 10.1. The fraction of sp³-hybridized carbons (Fsp3) is 0.111. The molecule has 2 aromatic rings. The largest absolute Gasteiger partial charge is 0.335 e. The maximum absolute atomic E-state index is 5.92. The summed E-state index contributed by atoms with van der Waals surface area (Å²) >= 11 is 5.92. The number of nitrogens with zero attached hydrogens (tertiary/aromatic N) is 1. The lowest BCUT2D eigenvalue weighted by Crippen LogP contribution is -1.84. The minimum Gasteiger partial charge on any atom is -0.335 e. The predicted molar refractivity (Wildman–Crippen MR) is 47.9 cm³/mol. The number of aryl methyl sites for hydroxylation is 1. The second-order valence-electron chi connectivity index (χ2n) is 2.58. The third-order valence-corrected chi connectivity index (χ3v) is 2.26. The van der Waals surface area contributed by atoms with Crippen molar-refractivity contribution in [2.75, 3.05) is 0 Å². The highest BCUT2D eigenvalue weighted by Gasteiger charge is 2.00. The van der Waals surface area contributed by atoms with Gasteiger partial charge in [-0.15, -0.1) is 0 Å². The van der Waals surface area contributed by atoms with Crippen molar-refractivity contribution in [1.82, 2.24) is 4.57 Å². The first-order valence-corrected chi connectivity index (χ1v) is 3.87. The van der Waals surface area contributed by atoms with Crippen LogP contribution in [-0.2, 0) is 7.05 Å². The molecule has 0 aliphatic carbocycles. The Kier molecular flexibility index (Phi) is 1.40. The molecular weight excluding hydrogens is 158 g/mol. The molecule has 1 heterocycles. The molecule has 1 aromatic carbocycles. The van der Waals surface area contributed by atoms with E-state index in [1.807, 2.05) is 29.8 Å². The lowest BCUT2D eigenvalue weighted by atomic mass is 10.2. The highest BCUT2D eigenvalue weighted by atomic mass is 35.5. The van der Waals surface area contributed by atoms with Crippen LogP contribution in [-0.4, -0.2) is 4.57 Å². The Morgan fingerprint density at radius 1 is 1.27 bits per heavy atom. The Bertz CT molecular complexity index is 389. The molecule has 0 unspecified atom stereocenters. The van der Waals surface area contributed by atoms with Gasteiger partial charge in [-0.05, 0) is 12.1 Å². The number of aromatic nitrogens is 1. The van der Waals surface area contributed by atoms with Gasteiger partial charge in [0.05, 0.1) is 0 Å². The Hall–Kier alpha value is -0.950. The van der Waals surface area contributed by atoms with Gasteiger partial charge in [0.2, 0.25) is 0 Å². The van der Waals surface area contributed by atoms with Crippen molar-refractivity contribution in [2.24, 2.45) is 7.05 Å². The van der Waals surface area contributed by atoms with Crippen molar-refractivity contribution >= 4 is 22.5 Å². The molecule has 0 amide bonds. The second kappa shape index (κ2) is 2.28. The van der Waals surface area contributed by atoms with Gasteiger partial charge in [-0.25, -0.2) is 0 Å². The number of benzene rings is 1. The molecule has 2 rings (SSSR count). The van der Waals surface area contributed by atoms with Crippen molar-refractivity contribution in [1.29, 1.82) is 0 Å². The summed E-state index contributed by atoms with van der Waals surface area (Å²) in [5, 5.41) is 1.98. The molecule has 0 radical (unpaired) electrons. The van der Waals surface area contributed by atoms with Gasteiger partial charge in [0.25, 0.3) is 0 Å². The maximum atomic E-state index is 5.92. The van der Waals surface area contributed by atoms with Crippen LogP contribution in [0.3, 0.4) is 0 Å². The molecule has 0 aliphatic rings. The predicted octanol–water partition coefficient (Wildman–Crippen LogP) is 2.83. The number of hydrogen-bond donors (Lipinski definition) is 0. The van der Waals surface area contributed by atoms with Crippen LogP contribution in [0.15, 0.2) is 30.3 Å². The number of rotatable bonds is 0. The van der Waals surface area contributed by atoms with Crippen LogP contribution >= 0.6 is 11.6 Å². The Morgan fingerprint density at radius 2 is 2.00 bits per heavy atom. The molecular formula is C9H8ClN. The summed E-state index contributed by atoms with van der Waals surface area (Å²) in [6.45, 7) is 0. The first-order valence-electron chi connectivity index (χ1n) is 3.49. The molecule has 0 N–H and O–H groups in total. The zero-order valence-electron chi connectivity index (χ0n) is 6.21. The van der Waals surface area contributed by atoms with Gasteiger partial charge in [0, 0.05) is 18.0 Å². The lowest BCUT2D eigenvalue weighted by molar-refractivity contribution is 0.970. The van der Waals surface area contributed by atoms with Gasteiger partial charge >= 0.3 is 0 Å². The average Bonchev–Trinajstić information content (AvgIpc) is 2.30. The molecule has 11 heavy (non-hydrogen) atoms. The molecule has 1 nitrogen and oxygen atoms in total. The highest BCUT2D eigenvalue weighted by Crippen LogP contribution is 2.21. The summed E-state index contributed by atoms with van der Waals surface area (Å²) in [7, 11) is 1.96. The quantitative estimate of drug-likeness (QED) is 0.566. The summed E-state index contributed by atoms with van der Waals surface area (Å²) in [6.07, 6.45) is 0. The van der Waals surface area contributed by atoms with Gasteiger partial charge in [0.15, 0.2) is 0 Å². The molecule has 2 heteroatoms. The Balaban J connectivity index is 2.92. The van der Waals surface area contributed by atoms with Crippen molar-refractivity contribution in [3.05, 3.63) is 35.5 Å². The van der Waals surface area contributed by atoms with Crippen LogP contribution in [0.1, 0.15) is 0 Å². The summed E-state index contributed by atoms with van der Waals surface area (Å²) in [4.78, 5) is 0. The third-order valence-electron chi connectivity index (χ3n) is 1.89. The number of hydrogen-bond acceptors (Lipinski definition) is 0. The van der Waals surface area contributed by atoms with E-state index >= 15 is 0 Å². The summed E-state index contributed by atoms with van der Waals surface area (Å²) in [5.41, 5.74) is 1.18. The van der Waals surface area contributed by atoms with Crippen molar-refractivity contribution in [3.8, 4) is 0 Å². The fourth-order valence-electron chi connectivity index (χ4n) is 1.26. The van der Waals surface area contributed by atoms with E-state index in [0.717, 1.165) is 5.15 Å². The molecule has 0 bridgehead atoms. The molecule has 0 spiro atoms. The third kappa shape index (κ3) is 0.925. The van der Waals surface area contributed by atoms with Crippen LogP contribution in [0.4, 0.5) is 0 Å². The monoisotopic (exact) mass is 165 g/mol. The molecule has 56 valence electrons. The Morgan fingerprint density at radius 3 is 2.73 bits per heavy atom. The second-order valence-corrected chi connectivity index (χ2v) is 2.97. The molecule has 0 saturated heterocycles. The van der Waals surface area contributed by atoms with Crippen LogP contribution in [0.25, 0.3) is 10.9 Å². The maximum Gasteiger partial charge on any atom is 0.109 e. The number of fused-ring (bicyclic) bond motifs is 1. The molecule has 1 aromatic heterocycles. The van der Waals surface area contributed by atoms with Gasteiger partial charge < -0.3 is 4.57 Å². The highest BCUT2D eigenvalue weighted by molar-refractivity contribution is 6.30. The fourth-order valence-corrected chi connectivity index (χ4v) is 1.46. The first kappa shape index (κ1) is 6.74. The molecule has 0 fully saturated rings. The topological polar surface area (TPSA) is 4.93 Å². The zero-order chi connectivity index (χ0) is 7.84. The average molecular weight is 166 g/mol.